The topological polar surface area (TPSA) is 23.5 Å². The Hall–Kier alpha value is -1.18. The Morgan fingerprint density at radius 2 is 1.93 bits per heavy atom. The van der Waals surface area contributed by atoms with Crippen LogP contribution in [0.15, 0.2) is 24.3 Å². The third-order valence-electron chi connectivity index (χ3n) is 2.28. The van der Waals surface area contributed by atoms with Crippen LogP contribution in [0.4, 0.5) is 5.69 Å². The quantitative estimate of drug-likeness (QED) is 0.794. The molecule has 0 saturated carbocycles. The van der Waals surface area contributed by atoms with Gasteiger partial charge in [0.15, 0.2) is 0 Å². The van der Waals surface area contributed by atoms with Crippen molar-refractivity contribution in [3.63, 3.8) is 0 Å². The predicted molar refractivity (Wildman–Crippen MR) is 60.9 cm³/mol. The third-order valence-corrected chi connectivity index (χ3v) is 2.28. The van der Waals surface area contributed by atoms with Gasteiger partial charge in [-0.25, -0.2) is 0 Å². The van der Waals surface area contributed by atoms with Crippen molar-refractivity contribution in [3.8, 4) is 5.75 Å². The number of aromatic hydroxyl groups is 1. The summed E-state index contributed by atoms with van der Waals surface area (Å²) in [7, 11) is 0. The summed E-state index contributed by atoms with van der Waals surface area (Å²) in [6.07, 6.45) is 1.09. The number of nitrogens with zero attached hydrogens (tertiary/aromatic N) is 1. The van der Waals surface area contributed by atoms with E-state index in [9.17, 15) is 5.11 Å². The largest absolute Gasteiger partial charge is 0.506 e. The molecule has 1 N–H and O–H groups in total. The van der Waals surface area contributed by atoms with Gasteiger partial charge in [-0.2, -0.15) is 0 Å². The monoisotopic (exact) mass is 193 g/mol. The van der Waals surface area contributed by atoms with Gasteiger partial charge in [-0.3, -0.25) is 0 Å². The first-order valence-electron chi connectivity index (χ1n) is 5.21. The smallest absolute Gasteiger partial charge is 0.138 e. The second kappa shape index (κ2) is 4.89. The molecule has 0 heterocycles. The summed E-state index contributed by atoms with van der Waals surface area (Å²) < 4.78 is 0. The van der Waals surface area contributed by atoms with Crippen LogP contribution in [0.3, 0.4) is 0 Å². The molecule has 0 saturated heterocycles. The van der Waals surface area contributed by atoms with E-state index in [1.807, 2.05) is 18.2 Å². The SMILES string of the molecule is CCCN(c1ccccc1O)C(C)C. The van der Waals surface area contributed by atoms with Crippen LogP contribution < -0.4 is 4.90 Å². The van der Waals surface area contributed by atoms with Gasteiger partial charge in [-0.15, -0.1) is 0 Å². The molecule has 0 spiro atoms. The van der Waals surface area contributed by atoms with Crippen molar-refractivity contribution in [1.82, 2.24) is 0 Å². The van der Waals surface area contributed by atoms with Crippen molar-refractivity contribution in [1.29, 1.82) is 0 Å². The fourth-order valence-electron chi connectivity index (χ4n) is 1.60. The number of phenols is 1. The van der Waals surface area contributed by atoms with Crippen LogP contribution in [0.5, 0.6) is 5.75 Å². The fourth-order valence-corrected chi connectivity index (χ4v) is 1.60. The van der Waals surface area contributed by atoms with Gasteiger partial charge in [-0.05, 0) is 32.4 Å². The Kier molecular flexibility index (Phi) is 3.81. The van der Waals surface area contributed by atoms with Crippen molar-refractivity contribution in [2.24, 2.45) is 0 Å². The maximum Gasteiger partial charge on any atom is 0.138 e. The van der Waals surface area contributed by atoms with Crippen LogP contribution in [0.2, 0.25) is 0 Å². The lowest BCUT2D eigenvalue weighted by Crippen LogP contribution is -2.31. The van der Waals surface area contributed by atoms with E-state index in [4.69, 9.17) is 0 Å². The Bertz CT molecular complexity index is 283. The summed E-state index contributed by atoms with van der Waals surface area (Å²) in [6.45, 7) is 7.41. The lowest BCUT2D eigenvalue weighted by molar-refractivity contribution is 0.471. The average molecular weight is 193 g/mol. The maximum absolute atomic E-state index is 9.71. The first-order chi connectivity index (χ1) is 6.66. The molecule has 0 fully saturated rings. The predicted octanol–water partition coefficient (Wildman–Crippen LogP) is 3.02. The van der Waals surface area contributed by atoms with E-state index in [-0.39, 0.29) is 0 Å². The molecule has 1 rings (SSSR count). The van der Waals surface area contributed by atoms with Gasteiger partial charge in [0.25, 0.3) is 0 Å². The molecule has 0 aliphatic rings. The van der Waals surface area contributed by atoms with Gasteiger partial charge in [-0.1, -0.05) is 19.1 Å². The highest BCUT2D eigenvalue weighted by Crippen LogP contribution is 2.27. The highest BCUT2D eigenvalue weighted by Gasteiger charge is 2.12. The lowest BCUT2D eigenvalue weighted by Gasteiger charge is -2.29. The normalized spacial score (nSPS) is 10.6. The van der Waals surface area contributed by atoms with Gasteiger partial charge in [0.05, 0.1) is 5.69 Å². The zero-order valence-corrected chi connectivity index (χ0v) is 9.20. The molecule has 0 radical (unpaired) electrons. The van der Waals surface area contributed by atoms with Crippen molar-refractivity contribution < 1.29 is 5.11 Å². The molecule has 0 unspecified atom stereocenters. The molecule has 0 atom stereocenters. The van der Waals surface area contributed by atoms with E-state index in [0.29, 0.717) is 11.8 Å². The molecule has 78 valence electrons. The molecule has 2 heteroatoms. The molecular weight excluding hydrogens is 174 g/mol. The summed E-state index contributed by atoms with van der Waals surface area (Å²) in [5.41, 5.74) is 0.935. The van der Waals surface area contributed by atoms with Crippen LogP contribution in [-0.2, 0) is 0 Å². The molecule has 0 aromatic heterocycles. The number of rotatable bonds is 4. The Morgan fingerprint density at radius 3 is 2.43 bits per heavy atom. The lowest BCUT2D eigenvalue weighted by atomic mass is 10.2. The Labute approximate surface area is 86.2 Å². The number of anilines is 1. The zero-order chi connectivity index (χ0) is 10.6. The van der Waals surface area contributed by atoms with Crippen LogP contribution in [0, 0.1) is 0 Å². The molecule has 14 heavy (non-hydrogen) atoms. The first kappa shape index (κ1) is 10.9. The van der Waals surface area contributed by atoms with Crippen molar-refractivity contribution >= 4 is 5.69 Å². The van der Waals surface area contributed by atoms with E-state index in [1.54, 1.807) is 6.07 Å². The number of para-hydroxylation sites is 2. The minimum absolute atomic E-state index is 0.370. The highest BCUT2D eigenvalue weighted by atomic mass is 16.3. The van der Waals surface area contributed by atoms with Crippen LogP contribution in [0.25, 0.3) is 0 Å². The second-order valence-corrected chi connectivity index (χ2v) is 3.78. The van der Waals surface area contributed by atoms with Gasteiger partial charge in [0, 0.05) is 12.6 Å². The molecule has 0 amide bonds. The summed E-state index contributed by atoms with van der Waals surface area (Å²) >= 11 is 0. The van der Waals surface area contributed by atoms with Crippen molar-refractivity contribution in [2.45, 2.75) is 33.2 Å². The number of benzene rings is 1. The molecule has 1 aromatic rings. The molecule has 0 aliphatic carbocycles. The van der Waals surface area contributed by atoms with Gasteiger partial charge >= 0.3 is 0 Å². The van der Waals surface area contributed by atoms with E-state index in [1.165, 1.54) is 0 Å². The molecule has 1 aromatic carbocycles. The van der Waals surface area contributed by atoms with Gasteiger partial charge in [0.1, 0.15) is 5.75 Å². The molecule has 0 bridgehead atoms. The third kappa shape index (κ3) is 2.41. The van der Waals surface area contributed by atoms with Crippen LogP contribution in [-0.4, -0.2) is 17.7 Å². The zero-order valence-electron chi connectivity index (χ0n) is 9.20. The average Bonchev–Trinajstić information content (AvgIpc) is 2.15. The minimum Gasteiger partial charge on any atom is -0.506 e. The van der Waals surface area contributed by atoms with Crippen molar-refractivity contribution in [2.75, 3.05) is 11.4 Å². The van der Waals surface area contributed by atoms with Gasteiger partial charge < -0.3 is 10.0 Å². The number of phenolic OH excluding ortho intramolecular Hbond substituents is 1. The highest BCUT2D eigenvalue weighted by molar-refractivity contribution is 5.58. The van der Waals surface area contributed by atoms with Crippen molar-refractivity contribution in [3.05, 3.63) is 24.3 Å². The first-order valence-corrected chi connectivity index (χ1v) is 5.21. The standard InChI is InChI=1S/C12H19NO/c1-4-9-13(10(2)3)11-7-5-6-8-12(11)14/h5-8,10,14H,4,9H2,1-3H3. The summed E-state index contributed by atoms with van der Waals surface area (Å²) in [5, 5.41) is 9.71. The Balaban J connectivity index is 2.93. The van der Waals surface area contributed by atoms with E-state index >= 15 is 0 Å². The van der Waals surface area contributed by atoms with Crippen LogP contribution in [0.1, 0.15) is 27.2 Å². The summed E-state index contributed by atoms with van der Waals surface area (Å²) in [6, 6.07) is 7.93. The van der Waals surface area contributed by atoms with Crippen LogP contribution >= 0.6 is 0 Å². The fraction of sp³-hybridized carbons (Fsp3) is 0.500. The van der Waals surface area contributed by atoms with Gasteiger partial charge in [0.2, 0.25) is 0 Å². The second-order valence-electron chi connectivity index (χ2n) is 3.78. The Morgan fingerprint density at radius 1 is 1.29 bits per heavy atom. The molecular formula is C12H19NO. The minimum atomic E-state index is 0.370. The molecule has 2 nitrogen and oxygen atoms in total. The number of hydrogen-bond acceptors (Lipinski definition) is 2. The summed E-state index contributed by atoms with van der Waals surface area (Å²) in [5.74, 6) is 0.370. The van der Waals surface area contributed by atoms with E-state index < -0.39 is 0 Å². The summed E-state index contributed by atoms with van der Waals surface area (Å²) in [4.78, 5) is 2.22. The number of hydrogen-bond donors (Lipinski definition) is 1. The van der Waals surface area contributed by atoms with E-state index in [0.717, 1.165) is 18.7 Å². The molecule has 0 aliphatic heterocycles. The maximum atomic E-state index is 9.71. The van der Waals surface area contributed by atoms with E-state index in [2.05, 4.69) is 25.7 Å².